The van der Waals surface area contributed by atoms with Crippen LogP contribution >= 0.6 is 15.9 Å². The highest BCUT2D eigenvalue weighted by atomic mass is 79.9. The van der Waals surface area contributed by atoms with Crippen LogP contribution in [0.2, 0.25) is 0 Å². The minimum atomic E-state index is -0.494. The van der Waals surface area contributed by atoms with Crippen LogP contribution in [-0.2, 0) is 14.0 Å². The third-order valence-corrected chi connectivity index (χ3v) is 27.1. The summed E-state index contributed by atoms with van der Waals surface area (Å²) in [5.74, 6) is 3.87. The summed E-state index contributed by atoms with van der Waals surface area (Å²) >= 11 is 3.70. The van der Waals surface area contributed by atoms with Gasteiger partial charge in [-0.05, 0) is 221 Å². The van der Waals surface area contributed by atoms with Crippen molar-refractivity contribution in [3.05, 3.63) is 405 Å². The zero-order valence-electron chi connectivity index (χ0n) is 73.6. The van der Waals surface area contributed by atoms with Crippen molar-refractivity contribution >= 4 is 159 Å². The predicted molar refractivity (Wildman–Crippen MR) is 553 cm³/mol. The van der Waals surface area contributed by atoms with Gasteiger partial charge in [-0.3, -0.25) is 0 Å². The maximum atomic E-state index is 6.66. The molecule has 24 aromatic rings. The number of halogens is 1. The second-order valence-corrected chi connectivity index (χ2v) is 35.9. The van der Waals surface area contributed by atoms with Crippen LogP contribution in [0.5, 0.6) is 0 Å². The lowest BCUT2D eigenvalue weighted by atomic mass is 9.72. The van der Waals surface area contributed by atoms with Gasteiger partial charge in [0.1, 0.15) is 22.3 Å². The molecule has 2 saturated heterocycles. The topological polar surface area (TPSA) is 131 Å². The molecule has 0 N–H and O–H groups in total. The summed E-state index contributed by atoms with van der Waals surface area (Å²) in [5.41, 5.74) is 16.2. The highest BCUT2D eigenvalue weighted by molar-refractivity contribution is 9.10. The first-order chi connectivity index (χ1) is 65.3. The van der Waals surface area contributed by atoms with Crippen LogP contribution in [0.1, 0.15) is 40.5 Å². The Kier molecular flexibility index (Phi) is 21.2. The average molecular weight is 1780 g/mol. The molecular formula is C120H86BBrN6O5. The van der Waals surface area contributed by atoms with Crippen molar-refractivity contribution in [3.8, 4) is 102 Å². The Labute approximate surface area is 777 Å². The Morgan fingerprint density at radius 2 is 0.556 bits per heavy atom. The highest BCUT2D eigenvalue weighted by Gasteiger charge is 2.53. The summed E-state index contributed by atoms with van der Waals surface area (Å²) in [7, 11) is -0.494. The van der Waals surface area contributed by atoms with Crippen LogP contribution in [0.3, 0.4) is 0 Å². The highest BCUT2D eigenvalue weighted by Crippen LogP contribution is 2.49. The molecule has 2 aliphatic rings. The van der Waals surface area contributed by atoms with E-state index >= 15 is 0 Å². The Morgan fingerprint density at radius 3 is 1.01 bits per heavy atom. The van der Waals surface area contributed by atoms with Crippen molar-refractivity contribution in [2.75, 3.05) is 13.2 Å². The molecule has 636 valence electrons. The maximum absolute atomic E-state index is 6.66. The van der Waals surface area contributed by atoms with E-state index in [1.54, 1.807) is 0 Å². The third kappa shape index (κ3) is 15.3. The van der Waals surface area contributed by atoms with Gasteiger partial charge in [-0.15, -0.1) is 0 Å². The van der Waals surface area contributed by atoms with Crippen molar-refractivity contribution in [1.29, 1.82) is 0 Å². The molecule has 11 nitrogen and oxygen atoms in total. The number of fused-ring (bicyclic) bond motifs is 16. The van der Waals surface area contributed by atoms with Gasteiger partial charge in [-0.1, -0.05) is 350 Å². The van der Waals surface area contributed by atoms with E-state index < -0.39 is 18.3 Å². The lowest BCUT2D eigenvalue weighted by Crippen LogP contribution is -2.41. The van der Waals surface area contributed by atoms with Crippen molar-refractivity contribution < 1.29 is 22.9 Å². The molecule has 0 unspecified atom stereocenters. The molecule has 20 aromatic carbocycles. The van der Waals surface area contributed by atoms with Crippen molar-refractivity contribution in [2.45, 2.75) is 51.7 Å². The summed E-state index contributed by atoms with van der Waals surface area (Å²) in [6, 6.07) is 140. The third-order valence-electron chi connectivity index (χ3n) is 26.4. The van der Waals surface area contributed by atoms with Gasteiger partial charge in [0.05, 0.1) is 11.2 Å². The fraction of sp³-hybridized carbons (Fsp3) is 0.0833. The molecule has 0 radical (unpaired) electrons. The van der Waals surface area contributed by atoms with Gasteiger partial charge >= 0.3 is 7.12 Å². The number of hydrogen-bond acceptors (Lipinski definition) is 11. The maximum Gasteiger partial charge on any atom is 0.496 e. The van der Waals surface area contributed by atoms with Gasteiger partial charge in [0.15, 0.2) is 34.9 Å². The van der Waals surface area contributed by atoms with Crippen LogP contribution in [0, 0.1) is 0 Å². The van der Waals surface area contributed by atoms with Gasteiger partial charge < -0.3 is 22.9 Å². The molecule has 133 heavy (non-hydrogen) atoms. The number of furan rings is 2. The zero-order valence-corrected chi connectivity index (χ0v) is 75.2. The second-order valence-electron chi connectivity index (χ2n) is 35.1. The van der Waals surface area contributed by atoms with Crippen molar-refractivity contribution in [2.24, 2.45) is 0 Å². The minimum absolute atomic E-state index is 0.431. The van der Waals surface area contributed by atoms with Gasteiger partial charge in [0.25, 0.3) is 0 Å². The largest absolute Gasteiger partial charge is 0.496 e. The molecule has 0 amide bonds. The molecule has 6 heterocycles. The number of ether oxygens (including phenoxy) is 1. The van der Waals surface area contributed by atoms with Gasteiger partial charge in [0, 0.05) is 83.6 Å². The Morgan fingerprint density at radius 1 is 0.241 bits per heavy atom. The van der Waals surface area contributed by atoms with E-state index in [9.17, 15) is 0 Å². The molecule has 2 fully saturated rings. The van der Waals surface area contributed by atoms with Crippen LogP contribution in [0.4, 0.5) is 0 Å². The minimum Gasteiger partial charge on any atom is -0.456 e. The van der Waals surface area contributed by atoms with Crippen LogP contribution in [-0.4, -0.2) is 61.4 Å². The summed E-state index contributed by atoms with van der Waals surface area (Å²) in [5, 5.41) is 22.7. The monoisotopic (exact) mass is 1780 g/mol. The van der Waals surface area contributed by atoms with Crippen molar-refractivity contribution in [3.63, 3.8) is 0 Å². The molecule has 0 bridgehead atoms. The average Bonchev–Trinajstić information content (AvgIpc) is 1.65. The van der Waals surface area contributed by atoms with Crippen LogP contribution < -0.4 is 5.46 Å². The number of rotatable bonds is 10. The summed E-state index contributed by atoms with van der Waals surface area (Å²) < 4.78 is 32.1. The molecule has 4 aromatic heterocycles. The van der Waals surface area contributed by atoms with Gasteiger partial charge in [-0.2, -0.15) is 0 Å². The summed E-state index contributed by atoms with van der Waals surface area (Å²) in [6.07, 6.45) is 2.56. The smallest absolute Gasteiger partial charge is 0.456 e. The van der Waals surface area contributed by atoms with E-state index in [-0.39, 0.29) is 0 Å². The standard InChI is InChI=1S/C55H33N3O.C33H20BrN3.C28H25BO3.C4H8O/c1-3-15-34(16-4-1)40-29-30-49-52(48-31-36-19-7-8-20-37(36)33-50(48)59-49)51(40)45-27-28-46(43-25-13-12-24-42(43)45)54-56-53(35-17-5-2-6-18-35)57-55(58-54)47-32-38-21-9-10-22-39(38)41-23-11-14-26-44(41)47;34-30-19-18-28(26-16-8-9-17-27(26)30)32-35-31(21-10-2-1-3-11-21)36-33(37-32)29-20-22-12-4-5-13-23(22)24-14-6-7-15-25(24)29;1-27(2)28(3,4)32-29(31-27)26-21(18-10-6-5-7-11-18)14-15-23-25(26)22-16-19-12-8-9-13-20(19)17-24(22)30-23;1-2-4-5-3-1/h1-33H;1-20H;5-17H,1-4H3;1-4H2. The normalized spacial score (nSPS) is 13.5. The predicted octanol–water partition coefficient (Wildman–Crippen LogP) is 31.3. The van der Waals surface area contributed by atoms with E-state index in [4.69, 9.17) is 52.8 Å². The van der Waals surface area contributed by atoms with E-state index in [1.165, 1.54) is 50.5 Å². The quantitative estimate of drug-likeness (QED) is 0.0958. The van der Waals surface area contributed by atoms with Crippen LogP contribution in [0.15, 0.2) is 414 Å². The first-order valence-electron chi connectivity index (χ1n) is 45.3. The van der Waals surface area contributed by atoms with Crippen molar-refractivity contribution in [1.82, 2.24) is 29.9 Å². The Bertz CT molecular complexity index is 8640. The molecule has 13 heteroatoms. The lowest BCUT2D eigenvalue weighted by Gasteiger charge is -2.32. The zero-order chi connectivity index (χ0) is 89.3. The van der Waals surface area contributed by atoms with Crippen LogP contribution in [0.25, 0.3) is 232 Å². The molecule has 0 atom stereocenters. The molecule has 2 aliphatic heterocycles. The van der Waals surface area contributed by atoms with Gasteiger partial charge in [-0.25, -0.2) is 29.9 Å². The first kappa shape index (κ1) is 82.0. The molecule has 0 aliphatic carbocycles. The fourth-order valence-electron chi connectivity index (χ4n) is 19.2. The van der Waals surface area contributed by atoms with E-state index in [0.29, 0.717) is 34.9 Å². The molecule has 0 saturated carbocycles. The summed E-state index contributed by atoms with van der Waals surface area (Å²) in [4.78, 5) is 30.9. The van der Waals surface area contributed by atoms with E-state index in [0.717, 1.165) is 182 Å². The van der Waals surface area contributed by atoms with Gasteiger partial charge in [0.2, 0.25) is 0 Å². The molecule has 0 spiro atoms. The first-order valence-corrected chi connectivity index (χ1v) is 46.1. The van der Waals surface area contributed by atoms with E-state index in [2.05, 4.69) is 383 Å². The Balaban J connectivity index is 0.000000116. The van der Waals surface area contributed by atoms with E-state index in [1.807, 2.05) is 60.7 Å². The second kappa shape index (κ2) is 34.4. The summed E-state index contributed by atoms with van der Waals surface area (Å²) in [6.45, 7) is 10.4. The number of benzene rings is 20. The Hall–Kier alpha value is -15.5. The number of nitrogens with zero attached hydrogens (tertiary/aromatic N) is 6. The SMILES string of the molecule is Brc1ccc(-c2nc(-c3ccccc3)nc(-c3cc4ccccc4c4ccccc34)n2)c2ccccc12.C1CCOC1.CC1(C)OB(c2c(-c3ccccc3)ccc3oc4cc5ccccc5cc4c23)OC1(C)C.c1ccc(-c2nc(-c3ccc(-c4c(-c5ccccc5)ccc5oc6cc7ccccc7cc6c45)c4ccccc34)nc(-c3cc4ccccc4c4ccccc34)n2)cc1. The molecular weight excluding hydrogens is 1700 g/mol. The number of hydrogen-bond donors (Lipinski definition) is 0. The fourth-order valence-corrected chi connectivity index (χ4v) is 19.6. The lowest BCUT2D eigenvalue weighted by molar-refractivity contribution is 0.00578. The molecule has 26 rings (SSSR count). The number of aromatic nitrogens is 6.